The standard InChI is InChI=1S/C10H13N5O2.C9H9FN4O.C9H11N5O/c1-15-12-6-8(13-15)7-4-5-11-10(14-17-3)9(7)16-2;2*1-14-12-5-7(13-14)6-3-4-11-9(10)8(6)15-2/h4-6H,1-3H3,(H,11,14);3-5H,1-2H3;3-5H,1-2H3,(H2,10,11). The van der Waals surface area contributed by atoms with Crippen LogP contribution in [0, 0.1) is 5.95 Å². The molecule has 6 heterocycles. The first-order chi connectivity index (χ1) is 22.7. The summed E-state index contributed by atoms with van der Waals surface area (Å²) in [6.45, 7) is 0. The lowest BCUT2D eigenvalue weighted by Crippen LogP contribution is -2.02. The van der Waals surface area contributed by atoms with Gasteiger partial charge in [0.2, 0.25) is 0 Å². The topological polar surface area (TPSA) is 206 Å². The van der Waals surface area contributed by atoms with E-state index in [9.17, 15) is 4.39 Å². The monoisotopic (exact) mass is 648 g/mol. The van der Waals surface area contributed by atoms with Crippen molar-refractivity contribution in [3.05, 3.63) is 61.3 Å². The molecule has 0 amide bonds. The van der Waals surface area contributed by atoms with Crippen molar-refractivity contribution in [2.45, 2.75) is 0 Å². The van der Waals surface area contributed by atoms with Gasteiger partial charge >= 0.3 is 0 Å². The van der Waals surface area contributed by atoms with Crippen LogP contribution in [0.25, 0.3) is 33.8 Å². The van der Waals surface area contributed by atoms with Crippen LogP contribution in [-0.4, -0.2) is 88.4 Å². The number of rotatable bonds is 8. The van der Waals surface area contributed by atoms with Crippen LogP contribution in [0.3, 0.4) is 0 Å². The van der Waals surface area contributed by atoms with Crippen LogP contribution in [0.5, 0.6) is 17.2 Å². The zero-order valence-electron chi connectivity index (χ0n) is 26.7. The van der Waals surface area contributed by atoms with Crippen molar-refractivity contribution >= 4 is 11.6 Å². The van der Waals surface area contributed by atoms with Gasteiger partial charge in [0.15, 0.2) is 28.9 Å². The Balaban J connectivity index is 0.000000160. The van der Waals surface area contributed by atoms with E-state index in [0.717, 1.165) is 11.1 Å². The summed E-state index contributed by atoms with van der Waals surface area (Å²) < 4.78 is 28.7. The van der Waals surface area contributed by atoms with Crippen molar-refractivity contribution in [1.29, 1.82) is 0 Å². The fraction of sp³-hybridized carbons (Fsp3) is 0.250. The summed E-state index contributed by atoms with van der Waals surface area (Å²) >= 11 is 0. The minimum Gasteiger partial charge on any atom is -0.492 e. The first kappa shape index (κ1) is 33.6. The molecule has 246 valence electrons. The number of nitrogens with two attached hydrogens (primary N) is 1. The average molecular weight is 649 g/mol. The molecule has 0 unspecified atom stereocenters. The van der Waals surface area contributed by atoms with Gasteiger partial charge in [-0.1, -0.05) is 0 Å². The smallest absolute Gasteiger partial charge is 0.255 e. The van der Waals surface area contributed by atoms with Gasteiger partial charge in [0, 0.05) is 39.7 Å². The van der Waals surface area contributed by atoms with Crippen molar-refractivity contribution in [2.24, 2.45) is 21.1 Å². The van der Waals surface area contributed by atoms with Crippen LogP contribution in [0.1, 0.15) is 0 Å². The highest BCUT2D eigenvalue weighted by Crippen LogP contribution is 2.34. The van der Waals surface area contributed by atoms with Crippen LogP contribution in [0.2, 0.25) is 0 Å². The van der Waals surface area contributed by atoms with Crippen molar-refractivity contribution in [3.8, 4) is 51.0 Å². The molecule has 0 bridgehead atoms. The van der Waals surface area contributed by atoms with E-state index in [-0.39, 0.29) is 5.75 Å². The molecule has 3 N–H and O–H groups in total. The Morgan fingerprint density at radius 1 is 0.617 bits per heavy atom. The second kappa shape index (κ2) is 15.7. The van der Waals surface area contributed by atoms with E-state index in [2.05, 4.69) is 51.0 Å². The van der Waals surface area contributed by atoms with Gasteiger partial charge < -0.3 is 19.9 Å². The van der Waals surface area contributed by atoms with Crippen molar-refractivity contribution < 1.29 is 23.4 Å². The first-order valence-corrected chi connectivity index (χ1v) is 13.6. The van der Waals surface area contributed by atoms with Crippen LogP contribution in [0.15, 0.2) is 55.4 Å². The number of pyridine rings is 3. The largest absolute Gasteiger partial charge is 0.492 e. The molecule has 0 atom stereocenters. The zero-order chi connectivity index (χ0) is 33.9. The molecule has 0 aliphatic heterocycles. The molecule has 0 saturated heterocycles. The normalized spacial score (nSPS) is 10.3. The molecule has 0 saturated carbocycles. The maximum absolute atomic E-state index is 13.3. The lowest BCUT2D eigenvalue weighted by atomic mass is 10.2. The number of anilines is 2. The third kappa shape index (κ3) is 8.08. The molecule has 0 aliphatic carbocycles. The Hall–Kier alpha value is -6.24. The van der Waals surface area contributed by atoms with Gasteiger partial charge in [0.25, 0.3) is 5.95 Å². The average Bonchev–Trinajstić information content (AvgIpc) is 3.82. The number of nitrogens with one attached hydrogen (secondary N) is 1. The number of hydrogen-bond acceptors (Lipinski definition) is 15. The molecule has 47 heavy (non-hydrogen) atoms. The summed E-state index contributed by atoms with van der Waals surface area (Å²) in [5, 5.41) is 24.4. The molecular weight excluding hydrogens is 615 g/mol. The van der Waals surface area contributed by atoms with Crippen molar-refractivity contribution in [1.82, 2.24) is 59.9 Å². The van der Waals surface area contributed by atoms with Crippen LogP contribution in [0.4, 0.5) is 16.0 Å². The van der Waals surface area contributed by atoms with E-state index < -0.39 is 5.95 Å². The van der Waals surface area contributed by atoms with Gasteiger partial charge in [-0.2, -0.15) is 49.4 Å². The number of methoxy groups -OCH3 is 3. The quantitative estimate of drug-likeness (QED) is 0.179. The van der Waals surface area contributed by atoms with Crippen LogP contribution in [-0.2, 0) is 26.0 Å². The van der Waals surface area contributed by atoms with E-state index in [4.69, 9.17) is 24.8 Å². The number of aromatic nitrogens is 12. The fourth-order valence-corrected chi connectivity index (χ4v) is 4.13. The van der Waals surface area contributed by atoms with Crippen molar-refractivity contribution in [3.63, 3.8) is 0 Å². The number of aryl methyl sites for hydroxylation is 3. The van der Waals surface area contributed by atoms with E-state index in [1.165, 1.54) is 41.0 Å². The highest BCUT2D eigenvalue weighted by molar-refractivity contribution is 5.73. The second-order valence-electron chi connectivity index (χ2n) is 9.16. The molecule has 0 spiro atoms. The SMILES string of the molecule is CONc1nccc(-c2cnn(C)n2)c1OC.COc1c(-c2cnn(C)n2)ccnc1F.COc1c(-c2cnn(C)n2)ccnc1N. The van der Waals surface area contributed by atoms with E-state index in [1.54, 1.807) is 72.3 Å². The lowest BCUT2D eigenvalue weighted by molar-refractivity contribution is 0.266. The van der Waals surface area contributed by atoms with E-state index in [0.29, 0.717) is 45.8 Å². The molecule has 0 aliphatic rings. The number of hydrogen-bond donors (Lipinski definition) is 2. The number of halogens is 1. The summed E-state index contributed by atoms with van der Waals surface area (Å²) in [7, 11) is 11.2. The summed E-state index contributed by atoms with van der Waals surface area (Å²) in [5.41, 5.74) is 12.4. The second-order valence-corrected chi connectivity index (χ2v) is 9.16. The Morgan fingerprint density at radius 3 is 1.47 bits per heavy atom. The molecule has 0 fully saturated rings. The molecule has 6 aromatic heterocycles. The first-order valence-electron chi connectivity index (χ1n) is 13.6. The molecule has 0 radical (unpaired) electrons. The third-order valence-electron chi connectivity index (χ3n) is 6.14. The number of nitrogens with zero attached hydrogens (tertiary/aromatic N) is 12. The lowest BCUT2D eigenvalue weighted by Gasteiger charge is -2.10. The zero-order valence-corrected chi connectivity index (χ0v) is 26.7. The summed E-state index contributed by atoms with van der Waals surface area (Å²) in [4.78, 5) is 20.7. The number of ether oxygens (including phenoxy) is 3. The molecular formula is C28H33FN14O4. The predicted molar refractivity (Wildman–Crippen MR) is 167 cm³/mol. The maximum Gasteiger partial charge on any atom is 0.255 e. The Bertz CT molecular complexity index is 1820. The highest BCUT2D eigenvalue weighted by Gasteiger charge is 2.16. The van der Waals surface area contributed by atoms with Gasteiger partial charge in [-0.25, -0.2) is 20.4 Å². The summed E-state index contributed by atoms with van der Waals surface area (Å²) in [6.07, 6.45) is 9.47. The Morgan fingerprint density at radius 2 is 1.04 bits per heavy atom. The van der Waals surface area contributed by atoms with E-state index >= 15 is 0 Å². The third-order valence-corrected chi connectivity index (χ3v) is 6.14. The van der Waals surface area contributed by atoms with Gasteiger partial charge in [-0.15, -0.1) is 0 Å². The molecule has 19 heteroatoms. The fourth-order valence-electron chi connectivity index (χ4n) is 4.13. The van der Waals surface area contributed by atoms with E-state index in [1.807, 2.05) is 6.07 Å². The number of nitrogen functional groups attached to an aromatic ring is 1. The Kier molecular flexibility index (Phi) is 11.2. The van der Waals surface area contributed by atoms with Crippen molar-refractivity contribution in [2.75, 3.05) is 39.7 Å². The minimum absolute atomic E-state index is 0.0815. The molecule has 18 nitrogen and oxygen atoms in total. The van der Waals surface area contributed by atoms with Crippen LogP contribution < -0.4 is 25.4 Å². The maximum atomic E-state index is 13.3. The van der Waals surface area contributed by atoms with Gasteiger partial charge in [0.1, 0.15) is 17.1 Å². The van der Waals surface area contributed by atoms with Gasteiger partial charge in [-0.3, -0.25) is 4.84 Å². The van der Waals surface area contributed by atoms with Gasteiger partial charge in [0.05, 0.1) is 63.7 Å². The molecule has 6 aromatic rings. The minimum atomic E-state index is -0.652. The Labute approximate surface area is 268 Å². The van der Waals surface area contributed by atoms with Gasteiger partial charge in [-0.05, 0) is 18.2 Å². The highest BCUT2D eigenvalue weighted by atomic mass is 19.1. The summed E-state index contributed by atoms with van der Waals surface area (Å²) in [5.74, 6) is 1.37. The molecule has 0 aromatic carbocycles. The molecule has 6 rings (SSSR count). The summed E-state index contributed by atoms with van der Waals surface area (Å²) in [6, 6.07) is 5.23. The predicted octanol–water partition coefficient (Wildman–Crippen LogP) is 2.35. The van der Waals surface area contributed by atoms with Crippen LogP contribution >= 0.6 is 0 Å².